The van der Waals surface area contributed by atoms with Gasteiger partial charge in [0.2, 0.25) is 0 Å². The van der Waals surface area contributed by atoms with Crippen LogP contribution < -0.4 is 5.73 Å². The van der Waals surface area contributed by atoms with E-state index in [1.54, 1.807) is 0 Å². The fraction of sp³-hybridized carbons (Fsp3) is 0.800. The Morgan fingerprint density at radius 2 is 2.00 bits per heavy atom. The second kappa shape index (κ2) is 11.8. The third kappa shape index (κ3) is 10.9. The summed E-state index contributed by atoms with van der Waals surface area (Å²) in [6.45, 7) is 0.551. The van der Waals surface area contributed by atoms with Crippen LogP contribution in [0.2, 0.25) is 0 Å². The minimum absolute atomic E-state index is 0. The zero-order chi connectivity index (χ0) is 6.41. The highest BCUT2D eigenvalue weighted by molar-refractivity contribution is 5.85. The lowest BCUT2D eigenvalue weighted by molar-refractivity contribution is -0.140. The van der Waals surface area contributed by atoms with Crippen LogP contribution in [0.25, 0.3) is 0 Å². The second-order valence-electron chi connectivity index (χ2n) is 1.47. The lowest BCUT2D eigenvalue weighted by Crippen LogP contribution is -2.05. The Bertz CT molecular complexity index is 80.0. The third-order valence-electron chi connectivity index (χ3n) is 0.813. The minimum atomic E-state index is -0.185. The largest absolute Gasteiger partial charge is 0.469 e. The third-order valence-corrected chi connectivity index (χ3v) is 0.813. The Morgan fingerprint density at radius 3 is 2.30 bits per heavy atom. The maximum Gasteiger partial charge on any atom is 0.305 e. The number of halogens is 2. The van der Waals surface area contributed by atoms with Gasteiger partial charge in [-0.2, -0.15) is 0 Å². The van der Waals surface area contributed by atoms with Gasteiger partial charge in [0.1, 0.15) is 0 Å². The predicted molar refractivity (Wildman–Crippen MR) is 44.8 cm³/mol. The van der Waals surface area contributed by atoms with Crippen molar-refractivity contribution in [2.75, 3.05) is 13.7 Å². The lowest BCUT2D eigenvalue weighted by Gasteiger charge is -1.93. The van der Waals surface area contributed by atoms with Gasteiger partial charge in [0.05, 0.1) is 7.11 Å². The highest BCUT2D eigenvalue weighted by atomic mass is 35.5. The smallest absolute Gasteiger partial charge is 0.305 e. The first-order valence-electron chi connectivity index (χ1n) is 2.58. The van der Waals surface area contributed by atoms with E-state index in [1.165, 1.54) is 7.11 Å². The number of carbonyl (C=O) groups excluding carboxylic acids is 1. The predicted octanol–water partition coefficient (Wildman–Crippen LogP) is 0.742. The molecule has 10 heavy (non-hydrogen) atoms. The monoisotopic (exact) mass is 189 g/mol. The summed E-state index contributed by atoms with van der Waals surface area (Å²) in [6.07, 6.45) is 1.15. The van der Waals surface area contributed by atoms with Gasteiger partial charge in [-0.1, -0.05) is 0 Å². The molecular formula is C5H13Cl2NO2. The van der Waals surface area contributed by atoms with Gasteiger partial charge in [-0.15, -0.1) is 24.8 Å². The summed E-state index contributed by atoms with van der Waals surface area (Å²) in [5.41, 5.74) is 5.12. The fourth-order valence-electron chi connectivity index (χ4n) is 0.348. The van der Waals surface area contributed by atoms with Crippen LogP contribution in [-0.2, 0) is 9.53 Å². The van der Waals surface area contributed by atoms with Crippen LogP contribution >= 0.6 is 24.8 Å². The van der Waals surface area contributed by atoms with Gasteiger partial charge in [0.25, 0.3) is 0 Å². The normalized spacial score (nSPS) is 7.00. The topological polar surface area (TPSA) is 52.3 Å². The lowest BCUT2D eigenvalue weighted by atomic mass is 10.3. The van der Waals surface area contributed by atoms with Gasteiger partial charge < -0.3 is 10.5 Å². The van der Waals surface area contributed by atoms with Gasteiger partial charge in [-0.05, 0) is 13.0 Å². The molecule has 0 spiro atoms. The minimum Gasteiger partial charge on any atom is -0.469 e. The Hall–Kier alpha value is 0.01000. The molecule has 0 heterocycles. The highest BCUT2D eigenvalue weighted by Gasteiger charge is 1.95. The van der Waals surface area contributed by atoms with Gasteiger partial charge in [-0.3, -0.25) is 4.79 Å². The van der Waals surface area contributed by atoms with Gasteiger partial charge in [0, 0.05) is 6.42 Å². The average Bonchev–Trinajstić information content (AvgIpc) is 1.83. The second-order valence-corrected chi connectivity index (χ2v) is 1.47. The molecule has 0 atom stereocenters. The molecule has 0 aromatic rings. The molecule has 0 saturated heterocycles. The summed E-state index contributed by atoms with van der Waals surface area (Å²) >= 11 is 0. The molecule has 0 unspecified atom stereocenters. The van der Waals surface area contributed by atoms with Crippen molar-refractivity contribution >= 4 is 30.8 Å². The van der Waals surface area contributed by atoms with Crippen molar-refractivity contribution in [3.05, 3.63) is 0 Å². The van der Waals surface area contributed by atoms with E-state index in [1.807, 2.05) is 0 Å². The molecule has 5 heteroatoms. The SMILES string of the molecule is COC(=O)CCCN.Cl.Cl. The molecule has 3 nitrogen and oxygen atoms in total. The Balaban J connectivity index is -0.000000245. The van der Waals surface area contributed by atoms with Gasteiger partial charge in [-0.25, -0.2) is 0 Å². The number of esters is 1. The number of hydrogen-bond acceptors (Lipinski definition) is 3. The number of nitrogens with two attached hydrogens (primary N) is 1. The number of hydrogen-bond donors (Lipinski definition) is 1. The van der Waals surface area contributed by atoms with Gasteiger partial charge >= 0.3 is 5.97 Å². The van der Waals surface area contributed by atoms with Crippen molar-refractivity contribution in [2.45, 2.75) is 12.8 Å². The van der Waals surface area contributed by atoms with E-state index in [2.05, 4.69) is 4.74 Å². The van der Waals surface area contributed by atoms with Crippen LogP contribution in [0.4, 0.5) is 0 Å². The highest BCUT2D eigenvalue weighted by Crippen LogP contribution is 1.86. The Labute approximate surface area is 73.1 Å². The zero-order valence-electron chi connectivity index (χ0n) is 5.83. The summed E-state index contributed by atoms with van der Waals surface area (Å²) in [4.78, 5) is 10.3. The molecule has 0 aromatic carbocycles. The van der Waals surface area contributed by atoms with E-state index in [-0.39, 0.29) is 30.8 Å². The van der Waals surface area contributed by atoms with Crippen molar-refractivity contribution in [3.8, 4) is 0 Å². The van der Waals surface area contributed by atoms with Crippen molar-refractivity contribution in [1.29, 1.82) is 0 Å². The fourth-order valence-corrected chi connectivity index (χ4v) is 0.348. The van der Waals surface area contributed by atoms with Gasteiger partial charge in [0.15, 0.2) is 0 Å². The van der Waals surface area contributed by atoms with Crippen molar-refractivity contribution in [3.63, 3.8) is 0 Å². The number of rotatable bonds is 3. The standard InChI is InChI=1S/C5H11NO2.2ClH/c1-8-5(7)3-2-4-6;;/h2-4,6H2,1H3;2*1H. The maximum atomic E-state index is 10.3. The average molecular weight is 190 g/mol. The first-order chi connectivity index (χ1) is 3.81. The summed E-state index contributed by atoms with van der Waals surface area (Å²) in [5, 5.41) is 0. The van der Waals surface area contributed by atoms with E-state index in [0.717, 1.165) is 0 Å². The van der Waals surface area contributed by atoms with E-state index >= 15 is 0 Å². The molecule has 0 aliphatic rings. The van der Waals surface area contributed by atoms with Crippen molar-refractivity contribution in [2.24, 2.45) is 5.73 Å². The van der Waals surface area contributed by atoms with Crippen LogP contribution in [0.5, 0.6) is 0 Å². The molecule has 0 radical (unpaired) electrons. The van der Waals surface area contributed by atoms with Crippen LogP contribution in [0.15, 0.2) is 0 Å². The molecule has 0 amide bonds. The summed E-state index contributed by atoms with van der Waals surface area (Å²) in [7, 11) is 1.37. The zero-order valence-corrected chi connectivity index (χ0v) is 7.46. The van der Waals surface area contributed by atoms with Crippen molar-refractivity contribution in [1.82, 2.24) is 0 Å². The van der Waals surface area contributed by atoms with E-state index < -0.39 is 0 Å². The Kier molecular flexibility index (Phi) is 19.5. The molecule has 0 rings (SSSR count). The number of ether oxygens (including phenoxy) is 1. The number of carbonyl (C=O) groups is 1. The number of methoxy groups -OCH3 is 1. The first kappa shape index (κ1) is 16.5. The summed E-state index contributed by atoms with van der Waals surface area (Å²) in [6, 6.07) is 0. The molecular weight excluding hydrogens is 177 g/mol. The quantitative estimate of drug-likeness (QED) is 0.667. The maximum absolute atomic E-state index is 10.3. The van der Waals surface area contributed by atoms with E-state index in [9.17, 15) is 4.79 Å². The van der Waals surface area contributed by atoms with E-state index in [0.29, 0.717) is 19.4 Å². The first-order valence-corrected chi connectivity index (χ1v) is 2.58. The molecule has 64 valence electrons. The molecule has 0 aromatic heterocycles. The molecule has 0 saturated carbocycles. The van der Waals surface area contributed by atoms with Crippen LogP contribution in [0.1, 0.15) is 12.8 Å². The Morgan fingerprint density at radius 1 is 1.50 bits per heavy atom. The van der Waals surface area contributed by atoms with Crippen molar-refractivity contribution < 1.29 is 9.53 Å². The van der Waals surface area contributed by atoms with E-state index in [4.69, 9.17) is 5.73 Å². The molecule has 0 aliphatic carbocycles. The van der Waals surface area contributed by atoms with Crippen LogP contribution in [0, 0.1) is 0 Å². The molecule has 2 N–H and O–H groups in total. The van der Waals surface area contributed by atoms with Crippen LogP contribution in [0.3, 0.4) is 0 Å². The molecule has 0 fully saturated rings. The molecule has 0 bridgehead atoms. The van der Waals surface area contributed by atoms with Crippen LogP contribution in [-0.4, -0.2) is 19.6 Å². The summed E-state index contributed by atoms with van der Waals surface area (Å²) in [5.74, 6) is -0.185. The molecule has 0 aliphatic heterocycles. The summed E-state index contributed by atoms with van der Waals surface area (Å²) < 4.78 is 4.36.